The predicted molar refractivity (Wildman–Crippen MR) is 85.2 cm³/mol. The fourth-order valence-electron chi connectivity index (χ4n) is 1.83. The molecular weight excluding hydrogens is 359 g/mol. The fraction of sp³-hybridized carbons (Fsp3) is 0.417. The van der Waals surface area contributed by atoms with E-state index in [0.717, 1.165) is 37.6 Å². The number of nitrogens with zero attached hydrogens (tertiary/aromatic N) is 3. The Morgan fingerprint density at radius 1 is 1.42 bits per heavy atom. The number of nitro benzene ring substituents is 1. The van der Waals surface area contributed by atoms with E-state index in [1.165, 1.54) is 12.1 Å². The van der Waals surface area contributed by atoms with Gasteiger partial charge in [-0.3, -0.25) is 15.1 Å². The molecule has 0 unspecified atom stereocenters. The van der Waals surface area contributed by atoms with E-state index in [-0.39, 0.29) is 34.6 Å². The first-order chi connectivity index (χ1) is 8.66. The molecule has 2 rings (SSSR count). The standard InChI is InChI=1S/C12H16N4O2.HI/c1-15-9-8-14-12(15)13-7-6-10-2-4-11(5-3-10)16(17)18;/h2-5H,6-9H2,1H3,(H,13,14);1H. The smallest absolute Gasteiger partial charge is 0.269 e. The SMILES string of the molecule is CN1CCN=C1NCCc1ccc([N+](=O)[O-])cc1.I. The minimum Gasteiger partial charge on any atom is -0.356 e. The van der Waals surface area contributed by atoms with Gasteiger partial charge in [0, 0.05) is 32.3 Å². The van der Waals surface area contributed by atoms with Crippen LogP contribution in [0.4, 0.5) is 5.69 Å². The lowest BCUT2D eigenvalue weighted by atomic mass is 10.1. The number of hydrogen-bond donors (Lipinski definition) is 1. The monoisotopic (exact) mass is 376 g/mol. The summed E-state index contributed by atoms with van der Waals surface area (Å²) < 4.78 is 0. The molecule has 0 bridgehead atoms. The van der Waals surface area contributed by atoms with E-state index >= 15 is 0 Å². The summed E-state index contributed by atoms with van der Waals surface area (Å²) in [5.41, 5.74) is 1.21. The first kappa shape index (κ1) is 15.7. The number of halogens is 1. The van der Waals surface area contributed by atoms with Crippen molar-refractivity contribution in [3.63, 3.8) is 0 Å². The van der Waals surface area contributed by atoms with Gasteiger partial charge in [0.1, 0.15) is 0 Å². The van der Waals surface area contributed by atoms with Gasteiger partial charge in [0.05, 0.1) is 11.5 Å². The highest BCUT2D eigenvalue weighted by Gasteiger charge is 2.11. The number of hydrogen-bond acceptors (Lipinski definition) is 5. The van der Waals surface area contributed by atoms with Crippen molar-refractivity contribution >= 4 is 35.6 Å². The topological polar surface area (TPSA) is 70.8 Å². The van der Waals surface area contributed by atoms with E-state index in [9.17, 15) is 10.1 Å². The Morgan fingerprint density at radius 2 is 2.11 bits per heavy atom. The molecular formula is C12H17IN4O2. The highest BCUT2D eigenvalue weighted by Crippen LogP contribution is 2.11. The molecule has 1 aliphatic heterocycles. The quantitative estimate of drug-likeness (QED) is 0.493. The van der Waals surface area contributed by atoms with E-state index in [4.69, 9.17) is 0 Å². The predicted octanol–water partition coefficient (Wildman–Crippen LogP) is 1.65. The second-order valence-electron chi connectivity index (χ2n) is 4.23. The van der Waals surface area contributed by atoms with Crippen molar-refractivity contribution < 1.29 is 4.92 Å². The maximum atomic E-state index is 10.5. The molecule has 0 aromatic heterocycles. The minimum absolute atomic E-state index is 0. The first-order valence-electron chi connectivity index (χ1n) is 5.89. The van der Waals surface area contributed by atoms with Gasteiger partial charge in [-0.1, -0.05) is 12.1 Å². The summed E-state index contributed by atoms with van der Waals surface area (Å²) in [6.45, 7) is 2.58. The number of likely N-dealkylation sites (N-methyl/N-ethyl adjacent to an activating group) is 1. The number of non-ortho nitro benzene ring substituents is 1. The summed E-state index contributed by atoms with van der Waals surface area (Å²) in [5, 5.41) is 13.8. The van der Waals surface area contributed by atoms with Gasteiger partial charge < -0.3 is 10.2 Å². The van der Waals surface area contributed by atoms with Gasteiger partial charge in [0.2, 0.25) is 0 Å². The molecule has 1 aromatic carbocycles. The Bertz CT molecular complexity index is 461. The number of guanidine groups is 1. The lowest BCUT2D eigenvalue weighted by Gasteiger charge is -2.14. The number of benzene rings is 1. The van der Waals surface area contributed by atoms with Crippen LogP contribution in [0.25, 0.3) is 0 Å². The maximum absolute atomic E-state index is 10.5. The zero-order valence-electron chi connectivity index (χ0n) is 10.7. The highest BCUT2D eigenvalue weighted by atomic mass is 127. The van der Waals surface area contributed by atoms with Crippen LogP contribution in [-0.2, 0) is 6.42 Å². The van der Waals surface area contributed by atoms with Gasteiger partial charge in [0.15, 0.2) is 5.96 Å². The molecule has 0 spiro atoms. The van der Waals surface area contributed by atoms with E-state index in [1.54, 1.807) is 12.1 Å². The third-order valence-electron chi connectivity index (χ3n) is 2.90. The van der Waals surface area contributed by atoms with E-state index in [0.29, 0.717) is 0 Å². The molecule has 0 saturated carbocycles. The average molecular weight is 376 g/mol. The van der Waals surface area contributed by atoms with Gasteiger partial charge in [-0.25, -0.2) is 0 Å². The van der Waals surface area contributed by atoms with Crippen molar-refractivity contribution in [1.82, 2.24) is 10.2 Å². The van der Waals surface area contributed by atoms with Crippen molar-refractivity contribution in [1.29, 1.82) is 0 Å². The van der Waals surface area contributed by atoms with Gasteiger partial charge in [0.25, 0.3) is 5.69 Å². The molecule has 6 nitrogen and oxygen atoms in total. The average Bonchev–Trinajstić information content (AvgIpc) is 2.76. The highest BCUT2D eigenvalue weighted by molar-refractivity contribution is 14.0. The summed E-state index contributed by atoms with van der Waals surface area (Å²) in [5.74, 6) is 0.928. The fourth-order valence-corrected chi connectivity index (χ4v) is 1.83. The van der Waals surface area contributed by atoms with Crippen LogP contribution in [0.3, 0.4) is 0 Å². The van der Waals surface area contributed by atoms with Gasteiger partial charge in [-0.05, 0) is 12.0 Å². The van der Waals surface area contributed by atoms with Crippen LogP contribution in [0.1, 0.15) is 5.56 Å². The van der Waals surface area contributed by atoms with Crippen LogP contribution in [0, 0.1) is 10.1 Å². The van der Waals surface area contributed by atoms with Crippen LogP contribution >= 0.6 is 24.0 Å². The molecule has 7 heteroatoms. The van der Waals surface area contributed by atoms with Crippen molar-refractivity contribution in [2.24, 2.45) is 4.99 Å². The van der Waals surface area contributed by atoms with E-state index in [1.807, 2.05) is 7.05 Å². The van der Waals surface area contributed by atoms with E-state index < -0.39 is 0 Å². The van der Waals surface area contributed by atoms with Crippen molar-refractivity contribution in [3.05, 3.63) is 39.9 Å². The molecule has 0 amide bonds. The molecule has 0 fully saturated rings. The molecule has 1 aromatic rings. The molecule has 0 aliphatic carbocycles. The molecule has 19 heavy (non-hydrogen) atoms. The number of nitrogens with one attached hydrogen (secondary N) is 1. The lowest BCUT2D eigenvalue weighted by molar-refractivity contribution is -0.384. The Kier molecular flexibility index (Phi) is 6.00. The number of aliphatic imine (C=N–C) groups is 1. The third kappa shape index (κ3) is 4.34. The molecule has 1 heterocycles. The zero-order chi connectivity index (χ0) is 13.0. The van der Waals surface area contributed by atoms with Gasteiger partial charge in [-0.2, -0.15) is 0 Å². The summed E-state index contributed by atoms with van der Waals surface area (Å²) in [6.07, 6.45) is 0.824. The van der Waals surface area contributed by atoms with Gasteiger partial charge in [-0.15, -0.1) is 24.0 Å². The van der Waals surface area contributed by atoms with Crippen molar-refractivity contribution in [3.8, 4) is 0 Å². The van der Waals surface area contributed by atoms with Crippen LogP contribution in [0.5, 0.6) is 0 Å². The number of rotatable bonds is 4. The summed E-state index contributed by atoms with van der Waals surface area (Å²) >= 11 is 0. The Balaban J connectivity index is 0.00000180. The third-order valence-corrected chi connectivity index (χ3v) is 2.90. The largest absolute Gasteiger partial charge is 0.356 e. The van der Waals surface area contributed by atoms with Crippen LogP contribution < -0.4 is 5.32 Å². The van der Waals surface area contributed by atoms with E-state index in [2.05, 4.69) is 15.2 Å². The van der Waals surface area contributed by atoms with Crippen molar-refractivity contribution in [2.75, 3.05) is 26.7 Å². The molecule has 0 radical (unpaired) electrons. The minimum atomic E-state index is -0.385. The molecule has 1 aliphatic rings. The van der Waals surface area contributed by atoms with Crippen LogP contribution in [0.15, 0.2) is 29.3 Å². The summed E-state index contributed by atoms with van der Waals surface area (Å²) in [6, 6.07) is 6.66. The summed E-state index contributed by atoms with van der Waals surface area (Å²) in [7, 11) is 2.00. The van der Waals surface area contributed by atoms with Crippen molar-refractivity contribution in [2.45, 2.75) is 6.42 Å². The molecule has 0 saturated heterocycles. The second kappa shape index (κ2) is 7.27. The first-order valence-corrected chi connectivity index (χ1v) is 5.89. The summed E-state index contributed by atoms with van der Waals surface area (Å²) in [4.78, 5) is 16.5. The van der Waals surface area contributed by atoms with Gasteiger partial charge >= 0.3 is 0 Å². The van der Waals surface area contributed by atoms with Crippen LogP contribution in [-0.4, -0.2) is 42.5 Å². The Hall–Kier alpha value is -1.38. The maximum Gasteiger partial charge on any atom is 0.269 e. The number of nitro groups is 1. The lowest BCUT2D eigenvalue weighted by Crippen LogP contribution is -2.36. The molecule has 1 N–H and O–H groups in total. The Labute approximate surface area is 129 Å². The Morgan fingerprint density at radius 3 is 2.63 bits per heavy atom. The molecule has 104 valence electrons. The second-order valence-corrected chi connectivity index (χ2v) is 4.23. The zero-order valence-corrected chi connectivity index (χ0v) is 13.0. The normalized spacial score (nSPS) is 13.7. The van der Waals surface area contributed by atoms with Crippen LogP contribution in [0.2, 0.25) is 0 Å². The molecule has 0 atom stereocenters.